The van der Waals surface area contributed by atoms with E-state index in [2.05, 4.69) is 10.8 Å². The summed E-state index contributed by atoms with van der Waals surface area (Å²) in [6, 6.07) is 8.50. The lowest BCUT2D eigenvalue weighted by atomic mass is 9.98. The molecular weight excluding hydrogens is 260 g/mol. The fourth-order valence-corrected chi connectivity index (χ4v) is 3.26. The van der Waals surface area contributed by atoms with Crippen LogP contribution in [0.3, 0.4) is 0 Å². The molecule has 1 rings (SSSR count). The van der Waals surface area contributed by atoms with E-state index >= 15 is 0 Å². The average Bonchev–Trinajstić information content (AvgIpc) is 2.39. The molecule has 0 aliphatic carbocycles. The van der Waals surface area contributed by atoms with Crippen molar-refractivity contribution in [3.8, 4) is 6.07 Å². The van der Waals surface area contributed by atoms with Crippen molar-refractivity contribution >= 4 is 10.0 Å². The van der Waals surface area contributed by atoms with Crippen LogP contribution in [-0.2, 0) is 10.0 Å². The lowest BCUT2D eigenvalue weighted by Crippen LogP contribution is -2.39. The molecule has 0 aromatic heterocycles. The van der Waals surface area contributed by atoms with Gasteiger partial charge in [-0.3, -0.25) is 0 Å². The number of rotatable bonds is 6. The van der Waals surface area contributed by atoms with Crippen LogP contribution in [-0.4, -0.2) is 14.5 Å². The first-order valence-electron chi connectivity index (χ1n) is 6.43. The molecule has 1 aromatic rings. The van der Waals surface area contributed by atoms with Crippen LogP contribution < -0.4 is 4.72 Å². The minimum atomic E-state index is -3.55. The van der Waals surface area contributed by atoms with Crippen molar-refractivity contribution in [2.24, 2.45) is 5.92 Å². The molecule has 2 atom stereocenters. The molecule has 0 spiro atoms. The zero-order valence-corrected chi connectivity index (χ0v) is 12.4. The Kier molecular flexibility index (Phi) is 5.52. The highest BCUT2D eigenvalue weighted by molar-refractivity contribution is 7.89. The highest BCUT2D eigenvalue weighted by Gasteiger charge is 2.24. The van der Waals surface area contributed by atoms with Crippen LogP contribution in [0, 0.1) is 24.2 Å². The third-order valence-electron chi connectivity index (χ3n) is 3.17. The first-order valence-corrected chi connectivity index (χ1v) is 7.91. The van der Waals surface area contributed by atoms with E-state index in [-0.39, 0.29) is 16.9 Å². The van der Waals surface area contributed by atoms with Gasteiger partial charge >= 0.3 is 0 Å². The van der Waals surface area contributed by atoms with Gasteiger partial charge in [-0.05, 0) is 31.9 Å². The third kappa shape index (κ3) is 4.05. The van der Waals surface area contributed by atoms with Gasteiger partial charge in [-0.15, -0.1) is 0 Å². The Labute approximate surface area is 115 Å². The number of nitrogens with one attached hydrogen (secondary N) is 1. The molecule has 0 aliphatic heterocycles. The van der Waals surface area contributed by atoms with Crippen LogP contribution in [0.15, 0.2) is 29.2 Å². The van der Waals surface area contributed by atoms with Crippen LogP contribution >= 0.6 is 0 Å². The van der Waals surface area contributed by atoms with E-state index in [1.807, 2.05) is 20.8 Å². The van der Waals surface area contributed by atoms with Crippen LogP contribution in [0.25, 0.3) is 0 Å². The number of nitriles is 1. The number of nitrogens with zero attached hydrogens (tertiary/aromatic N) is 1. The molecule has 19 heavy (non-hydrogen) atoms. The van der Waals surface area contributed by atoms with Gasteiger partial charge in [0.05, 0.1) is 16.9 Å². The summed E-state index contributed by atoms with van der Waals surface area (Å²) in [6.45, 7) is 5.67. The van der Waals surface area contributed by atoms with Crippen molar-refractivity contribution in [3.63, 3.8) is 0 Å². The maximum Gasteiger partial charge on any atom is 0.240 e. The Morgan fingerprint density at radius 2 is 1.79 bits per heavy atom. The molecule has 0 saturated carbocycles. The monoisotopic (exact) mass is 280 g/mol. The molecule has 1 aromatic carbocycles. The maximum atomic E-state index is 12.2. The van der Waals surface area contributed by atoms with Crippen LogP contribution in [0.1, 0.15) is 32.3 Å². The molecule has 0 saturated heterocycles. The van der Waals surface area contributed by atoms with Crippen LogP contribution in [0.4, 0.5) is 0 Å². The van der Waals surface area contributed by atoms with E-state index < -0.39 is 10.0 Å². The van der Waals surface area contributed by atoms with Gasteiger partial charge in [0.25, 0.3) is 0 Å². The predicted molar refractivity (Wildman–Crippen MR) is 75.0 cm³/mol. The predicted octanol–water partition coefficient (Wildman–Crippen LogP) is 2.60. The summed E-state index contributed by atoms with van der Waals surface area (Å²) in [4.78, 5) is 0.240. The Bertz CT molecular complexity index is 544. The molecule has 0 heterocycles. The van der Waals surface area contributed by atoms with E-state index in [4.69, 9.17) is 5.26 Å². The Hall–Kier alpha value is -1.38. The summed E-state index contributed by atoms with van der Waals surface area (Å²) in [5.41, 5.74) is 1.01. The van der Waals surface area contributed by atoms with Crippen molar-refractivity contribution in [1.82, 2.24) is 4.72 Å². The number of sulfonamides is 1. The van der Waals surface area contributed by atoms with Gasteiger partial charge < -0.3 is 0 Å². The Morgan fingerprint density at radius 3 is 2.21 bits per heavy atom. The SMILES string of the molecule is CC[C@@H](C#N)[C@@H](CC)NS(=O)(=O)c1ccc(C)cc1. The fourth-order valence-electron chi connectivity index (χ4n) is 1.90. The summed E-state index contributed by atoms with van der Waals surface area (Å²) in [5.74, 6) is -0.301. The summed E-state index contributed by atoms with van der Waals surface area (Å²) < 4.78 is 27.1. The molecule has 0 fully saturated rings. The molecule has 0 amide bonds. The largest absolute Gasteiger partial charge is 0.240 e. The van der Waals surface area contributed by atoms with Crippen molar-refractivity contribution in [1.29, 1.82) is 5.26 Å². The lowest BCUT2D eigenvalue weighted by molar-refractivity contribution is 0.443. The zero-order chi connectivity index (χ0) is 14.5. The Balaban J connectivity index is 2.95. The second kappa shape index (κ2) is 6.69. The smallest absolute Gasteiger partial charge is 0.207 e. The number of aryl methyl sites for hydroxylation is 1. The second-order valence-corrected chi connectivity index (χ2v) is 6.31. The number of hydrogen-bond acceptors (Lipinski definition) is 3. The van der Waals surface area contributed by atoms with Gasteiger partial charge in [0.1, 0.15) is 0 Å². The summed E-state index contributed by atoms with van der Waals surface area (Å²) in [5, 5.41) is 9.05. The molecule has 104 valence electrons. The normalized spacial score (nSPS) is 14.6. The van der Waals surface area contributed by atoms with Crippen molar-refractivity contribution in [2.75, 3.05) is 0 Å². The summed E-state index contributed by atoms with van der Waals surface area (Å²) in [6.07, 6.45) is 1.22. The standard InChI is InChI=1S/C14H20N2O2S/c1-4-12(10-15)14(5-2)16-19(17,18)13-8-6-11(3)7-9-13/h6-9,12,14,16H,4-5H2,1-3H3/t12-,14+/m0/s1. The highest BCUT2D eigenvalue weighted by atomic mass is 32.2. The quantitative estimate of drug-likeness (QED) is 0.870. The van der Waals surface area contributed by atoms with E-state index in [1.165, 1.54) is 0 Å². The van der Waals surface area contributed by atoms with E-state index in [0.29, 0.717) is 12.8 Å². The molecule has 5 heteroatoms. The van der Waals surface area contributed by atoms with E-state index in [0.717, 1.165) is 5.56 Å². The zero-order valence-electron chi connectivity index (χ0n) is 11.6. The number of hydrogen-bond donors (Lipinski definition) is 1. The highest BCUT2D eigenvalue weighted by Crippen LogP contribution is 2.16. The second-order valence-electron chi connectivity index (χ2n) is 4.59. The molecular formula is C14H20N2O2S. The van der Waals surface area contributed by atoms with Gasteiger partial charge in [-0.1, -0.05) is 31.5 Å². The van der Waals surface area contributed by atoms with Crippen LogP contribution in [0.2, 0.25) is 0 Å². The van der Waals surface area contributed by atoms with Crippen LogP contribution in [0.5, 0.6) is 0 Å². The maximum absolute atomic E-state index is 12.2. The molecule has 0 bridgehead atoms. The molecule has 0 aliphatic rings. The topological polar surface area (TPSA) is 70.0 Å². The van der Waals surface area contributed by atoms with Gasteiger partial charge in [-0.25, -0.2) is 13.1 Å². The van der Waals surface area contributed by atoms with E-state index in [9.17, 15) is 8.42 Å². The van der Waals surface area contributed by atoms with Gasteiger partial charge in [0, 0.05) is 6.04 Å². The molecule has 1 N–H and O–H groups in total. The molecule has 0 unspecified atom stereocenters. The minimum absolute atomic E-state index is 0.240. The average molecular weight is 280 g/mol. The van der Waals surface area contributed by atoms with Crippen molar-refractivity contribution < 1.29 is 8.42 Å². The lowest BCUT2D eigenvalue weighted by Gasteiger charge is -2.20. The number of benzene rings is 1. The molecule has 0 radical (unpaired) electrons. The molecule has 4 nitrogen and oxygen atoms in total. The summed E-state index contributed by atoms with van der Waals surface area (Å²) >= 11 is 0. The first kappa shape index (κ1) is 15.7. The first-order chi connectivity index (χ1) is 8.94. The minimum Gasteiger partial charge on any atom is -0.207 e. The van der Waals surface area contributed by atoms with Crippen molar-refractivity contribution in [2.45, 2.75) is 44.6 Å². The van der Waals surface area contributed by atoms with Gasteiger partial charge in [-0.2, -0.15) is 5.26 Å². The van der Waals surface area contributed by atoms with Crippen molar-refractivity contribution in [3.05, 3.63) is 29.8 Å². The fraction of sp³-hybridized carbons (Fsp3) is 0.500. The van der Waals surface area contributed by atoms with Gasteiger partial charge in [0.2, 0.25) is 10.0 Å². The summed E-state index contributed by atoms with van der Waals surface area (Å²) in [7, 11) is -3.55. The van der Waals surface area contributed by atoms with Gasteiger partial charge in [0.15, 0.2) is 0 Å². The third-order valence-corrected chi connectivity index (χ3v) is 4.67. The Morgan fingerprint density at radius 1 is 1.21 bits per heavy atom. The van der Waals surface area contributed by atoms with E-state index in [1.54, 1.807) is 24.3 Å².